The van der Waals surface area contributed by atoms with Crippen LogP contribution < -0.4 is 20.6 Å². The number of rotatable bonds is 8. The lowest BCUT2D eigenvalue weighted by molar-refractivity contribution is 0.0245. The molecule has 2 aromatic carbocycles. The number of benzene rings is 2. The fourth-order valence-electron chi connectivity index (χ4n) is 7.48. The molecule has 4 aliphatic rings. The summed E-state index contributed by atoms with van der Waals surface area (Å²) < 4.78 is 87.5. The number of carboxylic acid groups (broad SMARTS) is 1. The number of amides is 1. The molecule has 0 bridgehead atoms. The number of alkyl halides is 3. The van der Waals surface area contributed by atoms with Crippen LogP contribution in [0.4, 0.5) is 31.7 Å². The number of hydrogen-bond acceptors (Lipinski definition) is 10. The van der Waals surface area contributed by atoms with E-state index in [0.717, 1.165) is 23.6 Å². The van der Waals surface area contributed by atoms with Gasteiger partial charge < -0.3 is 24.4 Å². The molecule has 1 unspecified atom stereocenters. The largest absolute Gasteiger partial charge is 0.465 e. The normalized spacial score (nSPS) is 22.5. The predicted octanol–water partition coefficient (Wildman–Crippen LogP) is 5.68. The average Bonchev–Trinajstić information content (AvgIpc) is 3.69. The molecule has 7 rings (SSSR count). The van der Waals surface area contributed by atoms with Crippen molar-refractivity contribution in [3.8, 4) is 29.0 Å². The van der Waals surface area contributed by atoms with Crippen molar-refractivity contribution >= 4 is 49.9 Å². The Labute approximate surface area is 295 Å². The molecule has 0 saturated carbocycles. The Balaban J connectivity index is 1.48. The molecule has 4 aliphatic heterocycles. The van der Waals surface area contributed by atoms with Crippen molar-refractivity contribution in [2.45, 2.75) is 50.5 Å². The minimum absolute atomic E-state index is 0.0638. The van der Waals surface area contributed by atoms with Crippen molar-refractivity contribution in [2.24, 2.45) is 4.99 Å². The number of nitrogens with one attached hydrogen (secondary N) is 1. The number of ether oxygens (including phenoxy) is 2. The SMILES string of the molecule is CC1N=c2c(Cl)c(-c3ccc(F)c4sc(NC(=O)O)c(C#N)c34)c(F)c3c2=C(N(CC(F)F)C=C(OC[C@@]24CCCN2C[C@H](F)C4)O3)N1CC#N. The van der Waals surface area contributed by atoms with Crippen LogP contribution >= 0.6 is 22.9 Å². The van der Waals surface area contributed by atoms with Gasteiger partial charge in [-0.1, -0.05) is 17.7 Å². The lowest BCUT2D eigenvalue weighted by Crippen LogP contribution is -2.50. The molecule has 0 radical (unpaired) electrons. The summed E-state index contributed by atoms with van der Waals surface area (Å²) in [5.74, 6) is -3.00. The highest BCUT2D eigenvalue weighted by atomic mass is 35.5. The van der Waals surface area contributed by atoms with Gasteiger partial charge in [0.25, 0.3) is 6.43 Å². The molecule has 2 saturated heterocycles. The topological polar surface area (TPSA) is 137 Å². The number of fused-ring (bicyclic) bond motifs is 2. The zero-order valence-corrected chi connectivity index (χ0v) is 28.2. The van der Waals surface area contributed by atoms with Crippen molar-refractivity contribution in [3.05, 3.63) is 57.1 Å². The molecule has 18 heteroatoms. The quantitative estimate of drug-likeness (QED) is 0.220. The van der Waals surface area contributed by atoms with Crippen molar-refractivity contribution < 1.29 is 41.3 Å². The zero-order valence-electron chi connectivity index (χ0n) is 26.7. The number of carbonyl (C=O) groups is 1. The summed E-state index contributed by atoms with van der Waals surface area (Å²) in [4.78, 5) is 20.5. The van der Waals surface area contributed by atoms with Gasteiger partial charge in [0.2, 0.25) is 0 Å². The van der Waals surface area contributed by atoms with Crippen LogP contribution in [0.2, 0.25) is 5.02 Å². The Hall–Kier alpha value is -4.84. The fraction of sp³-hybridized carbons (Fsp3) is 0.394. The Morgan fingerprint density at radius 3 is 2.82 bits per heavy atom. The highest BCUT2D eigenvalue weighted by molar-refractivity contribution is 7.23. The monoisotopic (exact) mass is 747 g/mol. The molecule has 2 fully saturated rings. The summed E-state index contributed by atoms with van der Waals surface area (Å²) in [6.07, 6.45) is -3.71. The second-order valence-corrected chi connectivity index (χ2v) is 13.9. The maximum atomic E-state index is 17.3. The van der Waals surface area contributed by atoms with Gasteiger partial charge in [0.15, 0.2) is 11.6 Å². The van der Waals surface area contributed by atoms with E-state index in [9.17, 15) is 33.6 Å². The van der Waals surface area contributed by atoms with Crippen molar-refractivity contribution in [2.75, 3.05) is 38.1 Å². The van der Waals surface area contributed by atoms with Gasteiger partial charge in [-0.15, -0.1) is 11.3 Å². The van der Waals surface area contributed by atoms with Gasteiger partial charge in [-0.05, 0) is 37.9 Å². The molecule has 5 heterocycles. The Morgan fingerprint density at radius 1 is 1.33 bits per heavy atom. The van der Waals surface area contributed by atoms with Gasteiger partial charge in [0, 0.05) is 23.9 Å². The second kappa shape index (κ2) is 13.0. The first kappa shape index (κ1) is 34.6. The molecule has 3 aromatic rings. The maximum Gasteiger partial charge on any atom is 0.409 e. The van der Waals surface area contributed by atoms with Crippen LogP contribution in [0.5, 0.6) is 5.75 Å². The number of anilines is 1. The van der Waals surface area contributed by atoms with Crippen LogP contribution in [-0.2, 0) is 4.74 Å². The average molecular weight is 748 g/mol. The maximum absolute atomic E-state index is 17.3. The molecule has 3 atom stereocenters. The van der Waals surface area contributed by atoms with Crippen LogP contribution in [0.3, 0.4) is 0 Å². The Morgan fingerprint density at radius 2 is 2.12 bits per heavy atom. The van der Waals surface area contributed by atoms with Gasteiger partial charge in [-0.2, -0.15) is 10.5 Å². The van der Waals surface area contributed by atoms with Crippen LogP contribution in [0.1, 0.15) is 31.7 Å². The van der Waals surface area contributed by atoms with Gasteiger partial charge in [0.05, 0.1) is 50.2 Å². The highest BCUT2D eigenvalue weighted by Crippen LogP contribution is 2.46. The van der Waals surface area contributed by atoms with Gasteiger partial charge in [0.1, 0.15) is 48.2 Å². The summed E-state index contributed by atoms with van der Waals surface area (Å²) in [6.45, 7) is 1.07. The summed E-state index contributed by atoms with van der Waals surface area (Å²) in [6, 6.07) is 6.02. The van der Waals surface area contributed by atoms with E-state index in [1.807, 2.05) is 17.0 Å². The third kappa shape index (κ3) is 5.73. The molecular weight excluding hydrogens is 721 g/mol. The lowest BCUT2D eigenvalue weighted by Gasteiger charge is -2.36. The number of hydrogen-bond donors (Lipinski definition) is 2. The van der Waals surface area contributed by atoms with E-state index in [0.29, 0.717) is 24.3 Å². The highest BCUT2D eigenvalue weighted by Gasteiger charge is 2.49. The minimum Gasteiger partial charge on any atom is -0.465 e. The number of nitriles is 2. The van der Waals surface area contributed by atoms with E-state index in [-0.39, 0.29) is 73.8 Å². The number of halogens is 6. The third-order valence-electron chi connectivity index (χ3n) is 9.52. The molecule has 1 aromatic heterocycles. The van der Waals surface area contributed by atoms with Crippen LogP contribution in [0, 0.1) is 34.3 Å². The van der Waals surface area contributed by atoms with Gasteiger partial charge in [-0.25, -0.2) is 26.7 Å². The first-order chi connectivity index (χ1) is 24.4. The van der Waals surface area contributed by atoms with E-state index in [1.54, 1.807) is 6.92 Å². The van der Waals surface area contributed by atoms with E-state index < -0.39 is 65.8 Å². The summed E-state index contributed by atoms with van der Waals surface area (Å²) in [5, 5.41) is 30.2. The molecule has 266 valence electrons. The van der Waals surface area contributed by atoms with Crippen molar-refractivity contribution in [1.82, 2.24) is 14.7 Å². The number of thiophene rings is 1. The first-order valence-electron chi connectivity index (χ1n) is 15.8. The van der Waals surface area contributed by atoms with E-state index >= 15 is 8.78 Å². The Kier molecular flexibility index (Phi) is 8.85. The van der Waals surface area contributed by atoms with E-state index in [1.165, 1.54) is 11.0 Å². The van der Waals surface area contributed by atoms with Crippen LogP contribution in [0.15, 0.2) is 29.3 Å². The molecular formula is C33H27ClF5N7O4S. The summed E-state index contributed by atoms with van der Waals surface area (Å²) in [5.41, 5.74) is -1.48. The Bertz CT molecular complexity index is 2220. The first-order valence-corrected chi connectivity index (χ1v) is 16.9. The number of nitrogens with zero attached hydrogens (tertiary/aromatic N) is 6. The standard InChI is InChI=1S/C33H27ClF5N7O4S/c1-15-42-27-24-28(26(39)23(25(27)34)17-3-4-19(36)29-22(17)18(10-41)30(51-29)43-32(47)48)50-21(13-44(12-20(37)38)31(24)46(15)8-6-40)49-14-33-5-2-7-45(33)11-16(35)9-33/h3-4,13,15-16,20,43H,2,5,7-9,11-12,14H2,1H3,(H,47,48)/t15?,16-,33+/m1/s1. The van der Waals surface area contributed by atoms with Crippen molar-refractivity contribution in [3.63, 3.8) is 0 Å². The second-order valence-electron chi connectivity index (χ2n) is 12.5. The van der Waals surface area contributed by atoms with Gasteiger partial charge in [-0.3, -0.25) is 15.2 Å². The van der Waals surface area contributed by atoms with E-state index in [2.05, 4.69) is 10.3 Å². The minimum atomic E-state index is -2.92. The lowest BCUT2D eigenvalue weighted by atomic mass is 9.95. The van der Waals surface area contributed by atoms with Gasteiger partial charge >= 0.3 is 12.0 Å². The molecule has 2 N–H and O–H groups in total. The zero-order chi connectivity index (χ0) is 36.4. The summed E-state index contributed by atoms with van der Waals surface area (Å²) in [7, 11) is 0. The molecule has 0 aliphatic carbocycles. The predicted molar refractivity (Wildman–Crippen MR) is 175 cm³/mol. The van der Waals surface area contributed by atoms with E-state index in [4.69, 9.17) is 21.1 Å². The smallest absolute Gasteiger partial charge is 0.409 e. The summed E-state index contributed by atoms with van der Waals surface area (Å²) >= 11 is 7.57. The molecule has 11 nitrogen and oxygen atoms in total. The van der Waals surface area contributed by atoms with Crippen LogP contribution in [0.25, 0.3) is 27.0 Å². The molecule has 51 heavy (non-hydrogen) atoms. The van der Waals surface area contributed by atoms with Crippen molar-refractivity contribution in [1.29, 1.82) is 10.5 Å². The third-order valence-corrected chi connectivity index (χ3v) is 11.0. The fourth-order valence-corrected chi connectivity index (χ4v) is 8.88. The molecule has 0 spiro atoms. The molecule has 1 amide bonds. The van der Waals surface area contributed by atoms with Crippen LogP contribution in [-0.4, -0.2) is 83.0 Å².